The minimum atomic E-state index is 0.205. The Morgan fingerprint density at radius 2 is 2.39 bits per heavy atom. The minimum absolute atomic E-state index is 0.205. The lowest BCUT2D eigenvalue weighted by molar-refractivity contribution is 0.119. The second kappa shape index (κ2) is 5.81. The van der Waals surface area contributed by atoms with E-state index in [1.165, 1.54) is 31.2 Å². The molecule has 0 amide bonds. The van der Waals surface area contributed by atoms with Crippen molar-refractivity contribution in [2.45, 2.75) is 44.7 Å². The number of pyridine rings is 1. The highest BCUT2D eigenvalue weighted by atomic mass is 15.2. The number of hydrogen-bond acceptors (Lipinski definition) is 3. The highest BCUT2D eigenvalue weighted by Crippen LogP contribution is 2.39. The summed E-state index contributed by atoms with van der Waals surface area (Å²) in [7, 11) is 2.21. The molecule has 0 aromatic carbocycles. The van der Waals surface area contributed by atoms with Crippen molar-refractivity contribution in [1.82, 2.24) is 9.88 Å². The summed E-state index contributed by atoms with van der Waals surface area (Å²) in [5, 5.41) is 0. The largest absolute Gasteiger partial charge is 0.329 e. The predicted molar refractivity (Wildman–Crippen MR) is 75.1 cm³/mol. The molecule has 1 aliphatic carbocycles. The Labute approximate surface area is 110 Å². The molecule has 2 unspecified atom stereocenters. The van der Waals surface area contributed by atoms with E-state index in [9.17, 15) is 0 Å². The first-order chi connectivity index (χ1) is 8.70. The Hall–Kier alpha value is -0.930. The lowest BCUT2D eigenvalue weighted by Crippen LogP contribution is -2.49. The van der Waals surface area contributed by atoms with Gasteiger partial charge in [-0.2, -0.15) is 0 Å². The zero-order valence-electron chi connectivity index (χ0n) is 11.6. The van der Waals surface area contributed by atoms with Gasteiger partial charge in [0.25, 0.3) is 0 Å². The Kier molecular flexibility index (Phi) is 4.36. The van der Waals surface area contributed by atoms with Gasteiger partial charge in [0.2, 0.25) is 0 Å². The van der Waals surface area contributed by atoms with E-state index in [0.29, 0.717) is 0 Å². The molecule has 0 spiro atoms. The first-order valence-electron chi connectivity index (χ1n) is 7.00. The van der Waals surface area contributed by atoms with Crippen LogP contribution in [0.25, 0.3) is 0 Å². The SMILES string of the molecule is CCC1CCC(CN)(N(C)Cc2cccnc2)C1. The molecule has 18 heavy (non-hydrogen) atoms. The minimum Gasteiger partial charge on any atom is -0.329 e. The smallest absolute Gasteiger partial charge is 0.0334 e. The number of nitrogens with two attached hydrogens (primary N) is 1. The van der Waals surface area contributed by atoms with Crippen molar-refractivity contribution in [2.24, 2.45) is 11.7 Å². The number of aromatic nitrogens is 1. The maximum absolute atomic E-state index is 6.08. The molecule has 100 valence electrons. The van der Waals surface area contributed by atoms with Crippen LogP contribution in [0.5, 0.6) is 0 Å². The van der Waals surface area contributed by atoms with Crippen molar-refractivity contribution in [3.63, 3.8) is 0 Å². The van der Waals surface area contributed by atoms with Crippen molar-refractivity contribution >= 4 is 0 Å². The molecule has 2 rings (SSSR count). The zero-order chi connectivity index (χ0) is 13.0. The molecule has 0 radical (unpaired) electrons. The average molecular weight is 247 g/mol. The predicted octanol–water partition coefficient (Wildman–Crippen LogP) is 2.42. The maximum atomic E-state index is 6.08. The summed E-state index contributed by atoms with van der Waals surface area (Å²) in [6.45, 7) is 4.00. The molecule has 0 bridgehead atoms. The molecular weight excluding hydrogens is 222 g/mol. The van der Waals surface area contributed by atoms with E-state index in [0.717, 1.165) is 19.0 Å². The fourth-order valence-electron chi connectivity index (χ4n) is 3.18. The Morgan fingerprint density at radius 3 is 2.94 bits per heavy atom. The second-order valence-corrected chi connectivity index (χ2v) is 5.66. The molecule has 3 nitrogen and oxygen atoms in total. The van der Waals surface area contributed by atoms with Crippen LogP contribution in [0.3, 0.4) is 0 Å². The quantitative estimate of drug-likeness (QED) is 0.869. The van der Waals surface area contributed by atoms with Crippen LogP contribution in [0.1, 0.15) is 38.2 Å². The van der Waals surface area contributed by atoms with Gasteiger partial charge >= 0.3 is 0 Å². The van der Waals surface area contributed by atoms with Gasteiger partial charge in [-0.1, -0.05) is 19.4 Å². The van der Waals surface area contributed by atoms with Crippen LogP contribution in [-0.4, -0.2) is 29.0 Å². The normalized spacial score (nSPS) is 27.9. The summed E-state index contributed by atoms with van der Waals surface area (Å²) in [5.41, 5.74) is 7.56. The van der Waals surface area contributed by atoms with Gasteiger partial charge in [-0.3, -0.25) is 9.88 Å². The van der Waals surface area contributed by atoms with E-state index in [1.54, 1.807) is 0 Å². The lowest BCUT2D eigenvalue weighted by Gasteiger charge is -2.38. The van der Waals surface area contributed by atoms with Gasteiger partial charge in [0.1, 0.15) is 0 Å². The molecule has 2 N–H and O–H groups in total. The standard InChI is InChI=1S/C15H25N3/c1-3-13-6-7-15(9-13,12-16)18(2)11-14-5-4-8-17-10-14/h4-5,8,10,13H,3,6-7,9,11-12,16H2,1-2H3. The van der Waals surface area contributed by atoms with Crippen LogP contribution in [0.2, 0.25) is 0 Å². The van der Waals surface area contributed by atoms with Crippen molar-refractivity contribution in [1.29, 1.82) is 0 Å². The Bertz CT molecular complexity index is 365. The van der Waals surface area contributed by atoms with Crippen molar-refractivity contribution in [3.8, 4) is 0 Å². The molecule has 1 fully saturated rings. The zero-order valence-corrected chi connectivity index (χ0v) is 11.6. The molecule has 1 aliphatic rings. The summed E-state index contributed by atoms with van der Waals surface area (Å²) in [4.78, 5) is 6.63. The Morgan fingerprint density at radius 1 is 1.56 bits per heavy atom. The number of likely N-dealkylation sites (N-methyl/N-ethyl adjacent to an activating group) is 1. The second-order valence-electron chi connectivity index (χ2n) is 5.66. The highest BCUT2D eigenvalue weighted by Gasteiger charge is 2.40. The van der Waals surface area contributed by atoms with Crippen LogP contribution in [0, 0.1) is 5.92 Å². The fraction of sp³-hybridized carbons (Fsp3) is 0.667. The third-order valence-corrected chi connectivity index (χ3v) is 4.60. The van der Waals surface area contributed by atoms with E-state index >= 15 is 0 Å². The molecule has 3 heteroatoms. The molecule has 0 saturated heterocycles. The summed E-state index contributed by atoms with van der Waals surface area (Å²) < 4.78 is 0. The number of nitrogens with zero attached hydrogens (tertiary/aromatic N) is 2. The van der Waals surface area contributed by atoms with Crippen molar-refractivity contribution in [3.05, 3.63) is 30.1 Å². The van der Waals surface area contributed by atoms with Gasteiger partial charge in [-0.25, -0.2) is 0 Å². The van der Waals surface area contributed by atoms with Gasteiger partial charge in [0.15, 0.2) is 0 Å². The van der Waals surface area contributed by atoms with Crippen LogP contribution in [-0.2, 0) is 6.54 Å². The molecule has 1 aromatic rings. The Balaban J connectivity index is 2.04. The van der Waals surface area contributed by atoms with E-state index in [1.807, 2.05) is 18.5 Å². The molecule has 1 heterocycles. The topological polar surface area (TPSA) is 42.1 Å². The third-order valence-electron chi connectivity index (χ3n) is 4.60. The maximum Gasteiger partial charge on any atom is 0.0334 e. The summed E-state index contributed by atoms with van der Waals surface area (Å²) in [6, 6.07) is 4.14. The van der Waals surface area contributed by atoms with Crippen LogP contribution in [0.15, 0.2) is 24.5 Å². The van der Waals surface area contributed by atoms with Gasteiger partial charge in [0.05, 0.1) is 0 Å². The van der Waals surface area contributed by atoms with Crippen LogP contribution >= 0.6 is 0 Å². The van der Waals surface area contributed by atoms with Crippen LogP contribution < -0.4 is 5.73 Å². The molecule has 1 saturated carbocycles. The van der Waals surface area contributed by atoms with Gasteiger partial charge < -0.3 is 5.73 Å². The number of rotatable bonds is 5. The van der Waals surface area contributed by atoms with E-state index in [2.05, 4.69) is 29.9 Å². The third kappa shape index (κ3) is 2.73. The van der Waals surface area contributed by atoms with Gasteiger partial charge in [0, 0.05) is 31.0 Å². The summed E-state index contributed by atoms with van der Waals surface area (Å²) in [6.07, 6.45) is 8.86. The van der Waals surface area contributed by atoms with E-state index < -0.39 is 0 Å². The molecule has 1 aromatic heterocycles. The molecular formula is C15H25N3. The molecule has 2 atom stereocenters. The van der Waals surface area contributed by atoms with Gasteiger partial charge in [-0.15, -0.1) is 0 Å². The first kappa shape index (κ1) is 13.5. The fourth-order valence-corrected chi connectivity index (χ4v) is 3.18. The van der Waals surface area contributed by atoms with E-state index in [-0.39, 0.29) is 5.54 Å². The molecule has 0 aliphatic heterocycles. The van der Waals surface area contributed by atoms with Crippen LogP contribution in [0.4, 0.5) is 0 Å². The summed E-state index contributed by atoms with van der Waals surface area (Å²) in [5.74, 6) is 0.852. The van der Waals surface area contributed by atoms with Gasteiger partial charge in [-0.05, 0) is 43.9 Å². The summed E-state index contributed by atoms with van der Waals surface area (Å²) >= 11 is 0. The van der Waals surface area contributed by atoms with Crippen molar-refractivity contribution < 1.29 is 0 Å². The first-order valence-corrected chi connectivity index (χ1v) is 7.00. The van der Waals surface area contributed by atoms with E-state index in [4.69, 9.17) is 5.73 Å². The lowest BCUT2D eigenvalue weighted by atomic mass is 9.93. The highest BCUT2D eigenvalue weighted by molar-refractivity contribution is 5.10. The monoisotopic (exact) mass is 247 g/mol. The van der Waals surface area contributed by atoms with Crippen molar-refractivity contribution in [2.75, 3.05) is 13.6 Å². The number of hydrogen-bond donors (Lipinski definition) is 1. The average Bonchev–Trinajstić information content (AvgIpc) is 2.85.